The van der Waals surface area contributed by atoms with E-state index in [2.05, 4.69) is 36.5 Å². The van der Waals surface area contributed by atoms with Gasteiger partial charge in [-0.05, 0) is 55.5 Å². The lowest BCUT2D eigenvalue weighted by Gasteiger charge is -2.18. The van der Waals surface area contributed by atoms with Crippen LogP contribution in [0.1, 0.15) is 28.5 Å². The number of thioether (sulfide) groups is 1. The van der Waals surface area contributed by atoms with Gasteiger partial charge in [0.25, 0.3) is 5.91 Å². The van der Waals surface area contributed by atoms with Crippen molar-refractivity contribution in [3.05, 3.63) is 71.5 Å². The van der Waals surface area contributed by atoms with Crippen LogP contribution in [0, 0.1) is 6.92 Å². The van der Waals surface area contributed by atoms with E-state index in [0.717, 1.165) is 28.9 Å². The third-order valence-electron chi connectivity index (χ3n) is 4.59. The van der Waals surface area contributed by atoms with Gasteiger partial charge >= 0.3 is 0 Å². The number of benzene rings is 2. The molecule has 0 spiro atoms. The largest absolute Gasteiger partial charge is 0.337 e. The summed E-state index contributed by atoms with van der Waals surface area (Å²) in [5, 5.41) is 4.51. The molecule has 3 rings (SSSR count). The molecule has 5 heteroatoms. The molecule has 2 aromatic carbocycles. The molecule has 27 heavy (non-hydrogen) atoms. The summed E-state index contributed by atoms with van der Waals surface area (Å²) in [6, 6.07) is 16.1. The summed E-state index contributed by atoms with van der Waals surface area (Å²) in [6.07, 6.45) is 4.10. The molecule has 1 amide bonds. The van der Waals surface area contributed by atoms with Gasteiger partial charge in [-0.25, -0.2) is 0 Å². The van der Waals surface area contributed by atoms with Crippen LogP contribution in [-0.4, -0.2) is 33.9 Å². The molecule has 3 aromatic rings. The molecule has 4 nitrogen and oxygen atoms in total. The average Bonchev–Trinajstić information content (AvgIpc) is 3.08. The van der Waals surface area contributed by atoms with Crippen molar-refractivity contribution in [1.82, 2.24) is 14.7 Å². The molecule has 0 unspecified atom stereocenters. The first-order valence-electron chi connectivity index (χ1n) is 9.04. The molecular formula is C22H25N3OS. The number of carbonyl (C=O) groups is 1. The molecule has 0 aliphatic heterocycles. The standard InChI is InChI=1S/C22H25N3OS/c1-5-25-15-21(16(2)23-25)18-9-7-10-19(13-18)22(26)24(3)14-17-8-6-11-20(12-17)27-4/h6-13,15H,5,14H2,1-4H3. The summed E-state index contributed by atoms with van der Waals surface area (Å²) in [6.45, 7) is 5.49. The number of aryl methyl sites for hydroxylation is 2. The third kappa shape index (κ3) is 4.42. The molecule has 140 valence electrons. The molecular weight excluding hydrogens is 354 g/mol. The van der Waals surface area contributed by atoms with E-state index in [-0.39, 0.29) is 5.91 Å². The van der Waals surface area contributed by atoms with Crippen LogP contribution in [0.4, 0.5) is 0 Å². The molecule has 0 atom stereocenters. The van der Waals surface area contributed by atoms with Crippen LogP contribution in [0.15, 0.2) is 59.6 Å². The fraction of sp³-hybridized carbons (Fsp3) is 0.273. The van der Waals surface area contributed by atoms with Gasteiger partial charge < -0.3 is 4.90 Å². The normalized spacial score (nSPS) is 10.8. The van der Waals surface area contributed by atoms with E-state index in [1.54, 1.807) is 16.7 Å². The maximum absolute atomic E-state index is 12.9. The smallest absolute Gasteiger partial charge is 0.253 e. The minimum absolute atomic E-state index is 0.0203. The molecule has 0 bridgehead atoms. The van der Waals surface area contributed by atoms with Crippen LogP contribution < -0.4 is 0 Å². The Balaban J connectivity index is 1.81. The summed E-state index contributed by atoms with van der Waals surface area (Å²) in [5.74, 6) is 0.0203. The van der Waals surface area contributed by atoms with Crippen molar-refractivity contribution in [2.45, 2.75) is 31.8 Å². The van der Waals surface area contributed by atoms with Crippen molar-refractivity contribution in [1.29, 1.82) is 0 Å². The van der Waals surface area contributed by atoms with Crippen LogP contribution in [-0.2, 0) is 13.1 Å². The first-order valence-corrected chi connectivity index (χ1v) is 10.3. The number of aromatic nitrogens is 2. The average molecular weight is 380 g/mol. The van der Waals surface area contributed by atoms with E-state index in [4.69, 9.17) is 0 Å². The summed E-state index contributed by atoms with van der Waals surface area (Å²) in [7, 11) is 1.85. The highest BCUT2D eigenvalue weighted by molar-refractivity contribution is 7.98. The number of rotatable bonds is 6. The summed E-state index contributed by atoms with van der Waals surface area (Å²) in [4.78, 5) is 15.9. The number of nitrogens with zero attached hydrogens (tertiary/aromatic N) is 3. The summed E-state index contributed by atoms with van der Waals surface area (Å²) < 4.78 is 1.92. The van der Waals surface area contributed by atoms with Gasteiger partial charge in [0.2, 0.25) is 0 Å². The second-order valence-electron chi connectivity index (χ2n) is 6.58. The third-order valence-corrected chi connectivity index (χ3v) is 5.32. The van der Waals surface area contributed by atoms with E-state index < -0.39 is 0 Å². The van der Waals surface area contributed by atoms with Crippen molar-refractivity contribution < 1.29 is 4.79 Å². The Hall–Kier alpha value is -2.53. The molecule has 0 fully saturated rings. The maximum Gasteiger partial charge on any atom is 0.253 e. The lowest BCUT2D eigenvalue weighted by atomic mass is 10.0. The highest BCUT2D eigenvalue weighted by Gasteiger charge is 2.14. The molecule has 1 aromatic heterocycles. The lowest BCUT2D eigenvalue weighted by Crippen LogP contribution is -2.26. The second kappa shape index (κ2) is 8.44. The van der Waals surface area contributed by atoms with Crippen LogP contribution in [0.25, 0.3) is 11.1 Å². The van der Waals surface area contributed by atoms with Gasteiger partial charge in [-0.2, -0.15) is 5.10 Å². The first kappa shape index (κ1) is 19.2. The number of hydrogen-bond donors (Lipinski definition) is 0. The molecule has 0 aliphatic carbocycles. The van der Waals surface area contributed by atoms with Crippen LogP contribution in [0.3, 0.4) is 0 Å². The monoisotopic (exact) mass is 379 g/mol. The Morgan fingerprint density at radius 3 is 2.67 bits per heavy atom. The van der Waals surface area contributed by atoms with Crippen LogP contribution >= 0.6 is 11.8 Å². The second-order valence-corrected chi connectivity index (χ2v) is 7.46. The fourth-order valence-corrected chi connectivity index (χ4v) is 3.60. The Bertz CT molecular complexity index is 948. The SMILES string of the molecule is CCn1cc(-c2cccc(C(=O)N(C)Cc3cccc(SC)c3)c2)c(C)n1. The van der Waals surface area contributed by atoms with Gasteiger partial charge in [0.1, 0.15) is 0 Å². The summed E-state index contributed by atoms with van der Waals surface area (Å²) >= 11 is 1.71. The molecule has 0 saturated carbocycles. The molecule has 0 saturated heterocycles. The number of carbonyl (C=O) groups excluding carboxylic acids is 1. The van der Waals surface area contributed by atoms with Crippen LogP contribution in [0.2, 0.25) is 0 Å². The van der Waals surface area contributed by atoms with Crippen LogP contribution in [0.5, 0.6) is 0 Å². The van der Waals surface area contributed by atoms with E-state index in [1.165, 1.54) is 4.90 Å². The zero-order chi connectivity index (χ0) is 19.4. The van der Waals surface area contributed by atoms with E-state index >= 15 is 0 Å². The van der Waals surface area contributed by atoms with Crippen molar-refractivity contribution in [3.63, 3.8) is 0 Å². The zero-order valence-electron chi connectivity index (χ0n) is 16.3. The van der Waals surface area contributed by atoms with E-state index in [9.17, 15) is 4.79 Å². The van der Waals surface area contributed by atoms with Gasteiger partial charge in [0, 0.05) is 42.4 Å². The van der Waals surface area contributed by atoms with Crippen molar-refractivity contribution in [3.8, 4) is 11.1 Å². The fourth-order valence-electron chi connectivity index (χ4n) is 3.12. The minimum atomic E-state index is 0.0203. The first-order chi connectivity index (χ1) is 13.0. The topological polar surface area (TPSA) is 38.1 Å². The van der Waals surface area contributed by atoms with Gasteiger partial charge in [-0.1, -0.05) is 24.3 Å². The Labute approximate surface area is 165 Å². The predicted octanol–water partition coefficient (Wildman–Crippen LogP) is 4.87. The minimum Gasteiger partial charge on any atom is -0.337 e. The van der Waals surface area contributed by atoms with Gasteiger partial charge in [0.05, 0.1) is 5.69 Å². The molecule has 1 heterocycles. The lowest BCUT2D eigenvalue weighted by molar-refractivity contribution is 0.0785. The number of hydrogen-bond acceptors (Lipinski definition) is 3. The van der Waals surface area contributed by atoms with Gasteiger partial charge in [-0.15, -0.1) is 11.8 Å². The van der Waals surface area contributed by atoms with Gasteiger partial charge in [0.15, 0.2) is 0 Å². The zero-order valence-corrected chi connectivity index (χ0v) is 17.1. The van der Waals surface area contributed by atoms with Crippen molar-refractivity contribution in [2.24, 2.45) is 0 Å². The molecule has 0 aliphatic rings. The highest BCUT2D eigenvalue weighted by Crippen LogP contribution is 2.24. The van der Waals surface area contributed by atoms with Crippen molar-refractivity contribution >= 4 is 17.7 Å². The Morgan fingerprint density at radius 2 is 1.96 bits per heavy atom. The van der Waals surface area contributed by atoms with E-state index in [1.807, 2.05) is 55.2 Å². The van der Waals surface area contributed by atoms with Crippen molar-refractivity contribution in [2.75, 3.05) is 13.3 Å². The quantitative estimate of drug-likeness (QED) is 0.573. The molecule has 0 radical (unpaired) electrons. The van der Waals surface area contributed by atoms with E-state index in [0.29, 0.717) is 12.1 Å². The maximum atomic E-state index is 12.9. The molecule has 0 N–H and O–H groups in total. The van der Waals surface area contributed by atoms with Gasteiger partial charge in [-0.3, -0.25) is 9.48 Å². The Morgan fingerprint density at radius 1 is 1.19 bits per heavy atom. The Kier molecular flexibility index (Phi) is 6.01. The number of amides is 1. The summed E-state index contributed by atoms with van der Waals surface area (Å²) in [5.41, 5.74) is 4.90. The highest BCUT2D eigenvalue weighted by atomic mass is 32.2. The predicted molar refractivity (Wildman–Crippen MR) is 112 cm³/mol.